The zero-order valence-electron chi connectivity index (χ0n) is 10.6. The Labute approximate surface area is 107 Å². The Kier molecular flexibility index (Phi) is 3.97. The lowest BCUT2D eigenvalue weighted by Crippen LogP contribution is -1.90. The molecule has 3 rings (SSSR count). The molecule has 0 radical (unpaired) electrons. The van der Waals surface area contributed by atoms with E-state index >= 15 is 0 Å². The Hall–Kier alpha value is -2.29. The fourth-order valence-corrected chi connectivity index (χ4v) is 1.61. The minimum atomic E-state index is 0.917. The predicted octanol–water partition coefficient (Wildman–Crippen LogP) is 3.60. The van der Waals surface area contributed by atoms with Crippen LogP contribution in [0.5, 0.6) is 0 Å². The molecule has 2 N–H and O–H groups in total. The van der Waals surface area contributed by atoms with Gasteiger partial charge in [-0.2, -0.15) is 0 Å². The third kappa shape index (κ3) is 3.10. The van der Waals surface area contributed by atoms with Crippen LogP contribution in [0.25, 0.3) is 10.9 Å². The zero-order chi connectivity index (χ0) is 12.8. The van der Waals surface area contributed by atoms with Gasteiger partial charge in [-0.25, -0.2) is 4.98 Å². The normalized spacial score (nSPS) is 9.67. The van der Waals surface area contributed by atoms with E-state index in [1.807, 2.05) is 50.6 Å². The first-order valence-electron chi connectivity index (χ1n) is 5.92. The molecule has 0 saturated carbocycles. The molecule has 0 bridgehead atoms. The Morgan fingerprint density at radius 3 is 2.56 bits per heavy atom. The number of nitrogens with one attached hydrogen (secondary N) is 2. The molecule has 0 amide bonds. The van der Waals surface area contributed by atoms with Crippen molar-refractivity contribution in [1.82, 2.24) is 9.97 Å². The van der Waals surface area contributed by atoms with Crippen LogP contribution in [0.3, 0.4) is 0 Å². The topological polar surface area (TPSA) is 40.7 Å². The number of fused-ring (bicyclic) bond motifs is 1. The standard InChI is InChI=1S/C8H7N.C7H10N2/c1-2-4-8-7(3-1)5-6-9-8;1-6-3-4-7(8-2)9-5-6/h1-6,9H;3-5H,1-2H3,(H,8,9). The summed E-state index contributed by atoms with van der Waals surface area (Å²) in [6, 6.07) is 14.3. The number of anilines is 1. The van der Waals surface area contributed by atoms with Gasteiger partial charge in [0.05, 0.1) is 0 Å². The van der Waals surface area contributed by atoms with Gasteiger partial charge in [0.15, 0.2) is 0 Å². The maximum Gasteiger partial charge on any atom is 0.125 e. The first-order valence-corrected chi connectivity index (χ1v) is 5.92. The summed E-state index contributed by atoms with van der Waals surface area (Å²) in [4.78, 5) is 7.21. The number of aryl methyl sites for hydroxylation is 1. The van der Waals surface area contributed by atoms with Crippen LogP contribution >= 0.6 is 0 Å². The summed E-state index contributed by atoms with van der Waals surface area (Å²) < 4.78 is 0. The predicted molar refractivity (Wildman–Crippen MR) is 76.8 cm³/mol. The highest BCUT2D eigenvalue weighted by Crippen LogP contribution is 2.09. The summed E-state index contributed by atoms with van der Waals surface area (Å²) in [6.45, 7) is 2.02. The number of benzene rings is 1. The van der Waals surface area contributed by atoms with E-state index in [2.05, 4.69) is 33.5 Å². The lowest BCUT2D eigenvalue weighted by atomic mass is 10.3. The molecule has 0 aliphatic heterocycles. The van der Waals surface area contributed by atoms with Gasteiger partial charge in [-0.05, 0) is 36.1 Å². The molecule has 0 fully saturated rings. The van der Waals surface area contributed by atoms with Crippen LogP contribution in [0.15, 0.2) is 54.9 Å². The van der Waals surface area contributed by atoms with E-state index in [0.717, 1.165) is 5.82 Å². The quantitative estimate of drug-likeness (QED) is 0.681. The van der Waals surface area contributed by atoms with Gasteiger partial charge in [-0.3, -0.25) is 0 Å². The second-order valence-corrected chi connectivity index (χ2v) is 4.04. The molecule has 3 nitrogen and oxygen atoms in total. The number of pyridine rings is 1. The third-order valence-corrected chi connectivity index (χ3v) is 2.63. The number of hydrogen-bond acceptors (Lipinski definition) is 2. The second-order valence-electron chi connectivity index (χ2n) is 4.04. The summed E-state index contributed by atoms with van der Waals surface area (Å²) in [5.74, 6) is 0.917. The summed E-state index contributed by atoms with van der Waals surface area (Å²) in [6.07, 6.45) is 3.79. The highest BCUT2D eigenvalue weighted by molar-refractivity contribution is 5.78. The zero-order valence-corrected chi connectivity index (χ0v) is 10.6. The number of para-hydroxylation sites is 1. The van der Waals surface area contributed by atoms with Gasteiger partial charge in [0.1, 0.15) is 5.82 Å². The first kappa shape index (κ1) is 12.2. The number of H-pyrrole nitrogens is 1. The van der Waals surface area contributed by atoms with Gasteiger partial charge >= 0.3 is 0 Å². The van der Waals surface area contributed by atoms with Crippen LogP contribution < -0.4 is 5.32 Å². The van der Waals surface area contributed by atoms with Crippen molar-refractivity contribution in [2.75, 3.05) is 12.4 Å². The maximum absolute atomic E-state index is 4.09. The first-order chi connectivity index (χ1) is 8.79. The lowest BCUT2D eigenvalue weighted by Gasteiger charge is -1.96. The third-order valence-electron chi connectivity index (χ3n) is 2.63. The number of aromatic nitrogens is 2. The largest absolute Gasteiger partial charge is 0.373 e. The van der Waals surface area contributed by atoms with E-state index in [-0.39, 0.29) is 0 Å². The minimum absolute atomic E-state index is 0.917. The summed E-state index contributed by atoms with van der Waals surface area (Å²) >= 11 is 0. The van der Waals surface area contributed by atoms with Crippen molar-refractivity contribution in [2.45, 2.75) is 6.92 Å². The van der Waals surface area contributed by atoms with Crippen molar-refractivity contribution in [2.24, 2.45) is 0 Å². The Morgan fingerprint density at radius 2 is 1.89 bits per heavy atom. The lowest BCUT2D eigenvalue weighted by molar-refractivity contribution is 1.24. The molecule has 18 heavy (non-hydrogen) atoms. The van der Waals surface area contributed by atoms with E-state index in [1.165, 1.54) is 16.5 Å². The molecule has 3 heteroatoms. The number of nitrogens with zero attached hydrogens (tertiary/aromatic N) is 1. The van der Waals surface area contributed by atoms with Crippen molar-refractivity contribution in [1.29, 1.82) is 0 Å². The maximum atomic E-state index is 4.09. The molecule has 3 aromatic rings. The van der Waals surface area contributed by atoms with Crippen LogP contribution in [0.4, 0.5) is 5.82 Å². The van der Waals surface area contributed by atoms with E-state index in [1.54, 1.807) is 0 Å². The molecule has 0 unspecified atom stereocenters. The smallest absolute Gasteiger partial charge is 0.125 e. The van der Waals surface area contributed by atoms with Crippen molar-refractivity contribution in [3.63, 3.8) is 0 Å². The molecule has 0 aliphatic carbocycles. The molecule has 0 saturated heterocycles. The number of rotatable bonds is 1. The van der Waals surface area contributed by atoms with E-state index in [0.29, 0.717) is 0 Å². The molecular weight excluding hydrogens is 222 g/mol. The molecular formula is C15H17N3. The SMILES string of the molecule is CNc1ccc(C)cn1.c1ccc2[nH]ccc2c1. The van der Waals surface area contributed by atoms with Gasteiger partial charge in [0.2, 0.25) is 0 Å². The van der Waals surface area contributed by atoms with Crippen LogP contribution in [0.2, 0.25) is 0 Å². The molecule has 0 atom stereocenters. The highest BCUT2D eigenvalue weighted by Gasteiger charge is 1.87. The fourth-order valence-electron chi connectivity index (χ4n) is 1.61. The van der Waals surface area contributed by atoms with Crippen LogP contribution in [-0.2, 0) is 0 Å². The molecule has 2 aromatic heterocycles. The van der Waals surface area contributed by atoms with Crippen LogP contribution in [-0.4, -0.2) is 17.0 Å². The van der Waals surface area contributed by atoms with Crippen molar-refractivity contribution >= 4 is 16.7 Å². The van der Waals surface area contributed by atoms with Gasteiger partial charge in [-0.1, -0.05) is 24.3 Å². The average Bonchev–Trinajstić information content (AvgIpc) is 2.89. The second kappa shape index (κ2) is 5.87. The summed E-state index contributed by atoms with van der Waals surface area (Å²) in [7, 11) is 1.86. The van der Waals surface area contributed by atoms with Crippen LogP contribution in [0, 0.1) is 6.92 Å². The van der Waals surface area contributed by atoms with Gasteiger partial charge in [0.25, 0.3) is 0 Å². The summed E-state index contributed by atoms with van der Waals surface area (Å²) in [5, 5.41) is 4.22. The van der Waals surface area contributed by atoms with Gasteiger partial charge in [-0.15, -0.1) is 0 Å². The number of aromatic amines is 1. The Balaban J connectivity index is 0.000000134. The monoisotopic (exact) mass is 239 g/mol. The molecule has 92 valence electrons. The Bertz CT molecular complexity index is 566. The van der Waals surface area contributed by atoms with Crippen molar-refractivity contribution < 1.29 is 0 Å². The van der Waals surface area contributed by atoms with Gasteiger partial charge < -0.3 is 10.3 Å². The van der Waals surface area contributed by atoms with Crippen molar-refractivity contribution in [3.05, 3.63) is 60.4 Å². The van der Waals surface area contributed by atoms with Crippen molar-refractivity contribution in [3.8, 4) is 0 Å². The molecule has 0 spiro atoms. The molecule has 1 aromatic carbocycles. The fraction of sp³-hybridized carbons (Fsp3) is 0.133. The molecule has 2 heterocycles. The van der Waals surface area contributed by atoms with Gasteiger partial charge in [0, 0.05) is 25.0 Å². The van der Waals surface area contributed by atoms with E-state index in [9.17, 15) is 0 Å². The highest BCUT2D eigenvalue weighted by atomic mass is 14.9. The summed E-state index contributed by atoms with van der Waals surface area (Å²) in [5.41, 5.74) is 2.39. The molecule has 0 aliphatic rings. The minimum Gasteiger partial charge on any atom is -0.373 e. The van der Waals surface area contributed by atoms with Crippen LogP contribution in [0.1, 0.15) is 5.56 Å². The Morgan fingerprint density at radius 1 is 1.06 bits per heavy atom. The number of hydrogen-bond donors (Lipinski definition) is 2. The van der Waals surface area contributed by atoms with E-state index in [4.69, 9.17) is 0 Å². The average molecular weight is 239 g/mol. The van der Waals surface area contributed by atoms with E-state index < -0.39 is 0 Å².